The molecular formula is C9H8NP. The highest BCUT2D eigenvalue weighted by Gasteiger charge is 1.91. The molecule has 1 heterocycles. The fraction of sp³-hybridized carbons (Fsp3) is 0. The van der Waals surface area contributed by atoms with E-state index >= 15 is 0 Å². The number of aromatic nitrogens is 1. The van der Waals surface area contributed by atoms with E-state index < -0.39 is 0 Å². The molecule has 1 aromatic heterocycles. The number of benzene rings is 1. The molecule has 11 heavy (non-hydrogen) atoms. The van der Waals surface area contributed by atoms with Crippen molar-refractivity contribution in [2.75, 3.05) is 0 Å². The zero-order valence-electron chi connectivity index (χ0n) is 5.99. The monoisotopic (exact) mass is 161 g/mol. The van der Waals surface area contributed by atoms with Gasteiger partial charge in [0, 0.05) is 5.39 Å². The number of hydrogen-bond donors (Lipinski definition) is 0. The van der Waals surface area contributed by atoms with Crippen LogP contribution in [0.25, 0.3) is 10.9 Å². The van der Waals surface area contributed by atoms with Gasteiger partial charge in [0.2, 0.25) is 0 Å². The normalized spacial score (nSPS) is 10.3. The summed E-state index contributed by atoms with van der Waals surface area (Å²) in [6, 6.07) is 12.2. The van der Waals surface area contributed by atoms with Gasteiger partial charge in [0.25, 0.3) is 0 Å². The highest BCUT2D eigenvalue weighted by atomic mass is 31.0. The van der Waals surface area contributed by atoms with E-state index in [1.54, 1.807) is 0 Å². The first-order chi connectivity index (χ1) is 5.36. The van der Waals surface area contributed by atoms with Crippen LogP contribution in [0.5, 0.6) is 0 Å². The molecule has 2 rings (SSSR count). The predicted molar refractivity (Wildman–Crippen MR) is 51.1 cm³/mol. The zero-order valence-corrected chi connectivity index (χ0v) is 7.14. The number of fused-ring (bicyclic) bond motifs is 1. The molecule has 2 aromatic rings. The van der Waals surface area contributed by atoms with Crippen LogP contribution in [0.2, 0.25) is 0 Å². The van der Waals surface area contributed by atoms with Gasteiger partial charge >= 0.3 is 0 Å². The lowest BCUT2D eigenvalue weighted by Gasteiger charge is -1.95. The van der Waals surface area contributed by atoms with Crippen LogP contribution < -0.4 is 5.44 Å². The van der Waals surface area contributed by atoms with Gasteiger partial charge in [-0.2, -0.15) is 0 Å². The van der Waals surface area contributed by atoms with Crippen molar-refractivity contribution in [1.29, 1.82) is 0 Å². The molecule has 0 N–H and O–H groups in total. The average molecular weight is 161 g/mol. The second-order valence-corrected chi connectivity index (χ2v) is 3.02. The molecule has 0 spiro atoms. The maximum atomic E-state index is 4.34. The molecule has 1 aromatic carbocycles. The maximum Gasteiger partial charge on any atom is 0.0709 e. The zero-order chi connectivity index (χ0) is 7.68. The van der Waals surface area contributed by atoms with Crippen molar-refractivity contribution in [2.45, 2.75) is 0 Å². The third-order valence-corrected chi connectivity index (χ3v) is 1.94. The molecule has 54 valence electrons. The maximum absolute atomic E-state index is 4.34. The van der Waals surface area contributed by atoms with Crippen molar-refractivity contribution < 1.29 is 0 Å². The number of nitrogens with zero attached hydrogens (tertiary/aromatic N) is 1. The van der Waals surface area contributed by atoms with Gasteiger partial charge in [-0.05, 0) is 12.1 Å². The lowest BCUT2D eigenvalue weighted by molar-refractivity contribution is 1.49. The molecule has 0 saturated heterocycles. The molecule has 0 bridgehead atoms. The Morgan fingerprint density at radius 2 is 1.82 bits per heavy atom. The van der Waals surface area contributed by atoms with Crippen molar-refractivity contribution in [1.82, 2.24) is 4.98 Å². The van der Waals surface area contributed by atoms with Crippen molar-refractivity contribution in [2.24, 2.45) is 0 Å². The van der Waals surface area contributed by atoms with E-state index in [4.69, 9.17) is 0 Å². The number of rotatable bonds is 0. The molecule has 0 aliphatic rings. The van der Waals surface area contributed by atoms with Crippen molar-refractivity contribution in [3.8, 4) is 0 Å². The summed E-state index contributed by atoms with van der Waals surface area (Å²) in [5.74, 6) is 0. The highest BCUT2D eigenvalue weighted by molar-refractivity contribution is 7.26. The first-order valence-corrected chi connectivity index (χ1v) is 4.05. The quantitative estimate of drug-likeness (QED) is 0.536. The Morgan fingerprint density at radius 1 is 1.00 bits per heavy atom. The minimum absolute atomic E-state index is 0.990. The van der Waals surface area contributed by atoms with E-state index in [9.17, 15) is 0 Å². The Bertz CT molecular complexity index is 384. The summed E-state index contributed by atoms with van der Waals surface area (Å²) in [5.41, 5.74) is 2.05. The second kappa shape index (κ2) is 2.60. The van der Waals surface area contributed by atoms with Gasteiger partial charge in [0.1, 0.15) is 0 Å². The molecule has 0 radical (unpaired) electrons. The Hall–Kier alpha value is -0.940. The van der Waals surface area contributed by atoms with Crippen LogP contribution in [0, 0.1) is 0 Å². The van der Waals surface area contributed by atoms with Gasteiger partial charge in [0.05, 0.1) is 11.0 Å². The SMILES string of the molecule is Pc1ccc2ccccc2n1. The third-order valence-electron chi connectivity index (χ3n) is 1.62. The standard InChI is InChI=1S/C9H8NP/c11-9-6-5-7-3-1-2-4-8(7)10-9/h1-6H,11H2. The van der Waals surface area contributed by atoms with Crippen LogP contribution in [0.4, 0.5) is 0 Å². The molecule has 0 saturated carbocycles. The van der Waals surface area contributed by atoms with E-state index in [-0.39, 0.29) is 0 Å². The highest BCUT2D eigenvalue weighted by Crippen LogP contribution is 2.08. The van der Waals surface area contributed by atoms with Crippen LogP contribution in [-0.4, -0.2) is 4.98 Å². The smallest absolute Gasteiger partial charge is 0.0709 e. The summed E-state index contributed by atoms with van der Waals surface area (Å²) in [7, 11) is 2.59. The first kappa shape index (κ1) is 6.75. The Balaban J connectivity index is 2.83. The van der Waals surface area contributed by atoms with Gasteiger partial charge in [-0.1, -0.05) is 33.5 Å². The topological polar surface area (TPSA) is 12.9 Å². The van der Waals surface area contributed by atoms with Gasteiger partial charge in [-0.15, -0.1) is 0 Å². The van der Waals surface area contributed by atoms with Crippen molar-refractivity contribution in [3.05, 3.63) is 36.4 Å². The molecule has 0 aliphatic heterocycles. The van der Waals surface area contributed by atoms with Crippen LogP contribution in [0.1, 0.15) is 0 Å². The van der Waals surface area contributed by atoms with E-state index in [0.717, 1.165) is 11.0 Å². The van der Waals surface area contributed by atoms with Crippen molar-refractivity contribution >= 4 is 25.6 Å². The summed E-state index contributed by atoms with van der Waals surface area (Å²) in [5, 5.41) is 1.19. The predicted octanol–water partition coefficient (Wildman–Crippen LogP) is 1.74. The molecule has 1 unspecified atom stereocenters. The average Bonchev–Trinajstić information content (AvgIpc) is 2.04. The van der Waals surface area contributed by atoms with Gasteiger partial charge in [-0.3, -0.25) is 0 Å². The Morgan fingerprint density at radius 3 is 2.73 bits per heavy atom. The molecule has 0 aliphatic carbocycles. The minimum Gasteiger partial charge on any atom is -0.249 e. The fourth-order valence-electron chi connectivity index (χ4n) is 1.08. The number of hydrogen-bond acceptors (Lipinski definition) is 1. The molecule has 2 heteroatoms. The summed E-state index contributed by atoms with van der Waals surface area (Å²) in [4.78, 5) is 4.34. The van der Waals surface area contributed by atoms with Crippen LogP contribution in [-0.2, 0) is 0 Å². The molecule has 1 atom stereocenters. The Kier molecular flexibility index (Phi) is 1.59. The summed E-state index contributed by atoms with van der Waals surface area (Å²) in [6.45, 7) is 0. The number of para-hydroxylation sites is 1. The fourth-order valence-corrected chi connectivity index (χ4v) is 1.32. The van der Waals surface area contributed by atoms with Crippen LogP contribution in [0.15, 0.2) is 36.4 Å². The van der Waals surface area contributed by atoms with Crippen LogP contribution >= 0.6 is 9.24 Å². The molecule has 0 fully saturated rings. The van der Waals surface area contributed by atoms with E-state index in [2.05, 4.69) is 26.4 Å². The van der Waals surface area contributed by atoms with E-state index in [1.807, 2.05) is 24.3 Å². The number of pyridine rings is 1. The van der Waals surface area contributed by atoms with Gasteiger partial charge in [0.15, 0.2) is 0 Å². The third kappa shape index (κ3) is 1.24. The summed E-state index contributed by atoms with van der Waals surface area (Å²) in [6.07, 6.45) is 0. The molecule has 0 amide bonds. The first-order valence-electron chi connectivity index (χ1n) is 3.47. The van der Waals surface area contributed by atoms with E-state index in [1.165, 1.54) is 5.39 Å². The summed E-state index contributed by atoms with van der Waals surface area (Å²) >= 11 is 0. The van der Waals surface area contributed by atoms with Gasteiger partial charge < -0.3 is 0 Å². The van der Waals surface area contributed by atoms with E-state index in [0.29, 0.717) is 0 Å². The largest absolute Gasteiger partial charge is 0.249 e. The molecule has 1 nitrogen and oxygen atoms in total. The minimum atomic E-state index is 0.990. The lowest BCUT2D eigenvalue weighted by Crippen LogP contribution is -1.95. The van der Waals surface area contributed by atoms with Crippen molar-refractivity contribution in [3.63, 3.8) is 0 Å². The summed E-state index contributed by atoms with van der Waals surface area (Å²) < 4.78 is 0. The van der Waals surface area contributed by atoms with Crippen LogP contribution in [0.3, 0.4) is 0 Å². The molecular weight excluding hydrogens is 153 g/mol. The van der Waals surface area contributed by atoms with Gasteiger partial charge in [-0.25, -0.2) is 4.98 Å². The lowest BCUT2D eigenvalue weighted by atomic mass is 10.2. The second-order valence-electron chi connectivity index (χ2n) is 2.43. The Labute approximate surface area is 67.7 Å².